The van der Waals surface area contributed by atoms with Crippen molar-refractivity contribution in [2.75, 3.05) is 6.61 Å². The van der Waals surface area contributed by atoms with Crippen LogP contribution in [0.1, 0.15) is 72.1 Å². The van der Waals surface area contributed by atoms with Gasteiger partial charge in [0.25, 0.3) is 0 Å². The fourth-order valence-electron chi connectivity index (χ4n) is 2.69. The van der Waals surface area contributed by atoms with E-state index in [0.717, 1.165) is 6.61 Å². The molecule has 1 N–H and O–H groups in total. The van der Waals surface area contributed by atoms with E-state index in [9.17, 15) is 0 Å². The molecule has 0 saturated carbocycles. The van der Waals surface area contributed by atoms with Crippen LogP contribution in [0.4, 0.5) is 0 Å². The van der Waals surface area contributed by atoms with Crippen LogP contribution in [-0.4, -0.2) is 24.8 Å². The highest BCUT2D eigenvalue weighted by Crippen LogP contribution is 2.15. The summed E-state index contributed by atoms with van der Waals surface area (Å²) in [6.07, 6.45) is 11.1. The van der Waals surface area contributed by atoms with Gasteiger partial charge in [-0.05, 0) is 33.1 Å². The van der Waals surface area contributed by atoms with Crippen molar-refractivity contribution in [2.24, 2.45) is 0 Å². The van der Waals surface area contributed by atoms with Crippen LogP contribution in [0.2, 0.25) is 0 Å². The van der Waals surface area contributed by atoms with Gasteiger partial charge in [-0.3, -0.25) is 0 Å². The molecular weight excluding hydrogens is 210 g/mol. The highest BCUT2D eigenvalue weighted by atomic mass is 16.5. The van der Waals surface area contributed by atoms with E-state index < -0.39 is 0 Å². The highest BCUT2D eigenvalue weighted by molar-refractivity contribution is 4.77. The molecule has 0 aromatic carbocycles. The highest BCUT2D eigenvalue weighted by Gasteiger charge is 2.20. The lowest BCUT2D eigenvalue weighted by Gasteiger charge is -2.30. The number of unbranched alkanes of at least 4 members (excludes halogenated alkanes) is 4. The molecule has 0 amide bonds. The van der Waals surface area contributed by atoms with Crippen LogP contribution in [-0.2, 0) is 4.74 Å². The standard InChI is InChI=1S/C15H31NO/c1-4-5-6-7-8-9-13(2)16-15-10-11-17-14(3)12-15/h13-16H,4-12H2,1-3H3. The second-order valence-electron chi connectivity index (χ2n) is 5.67. The van der Waals surface area contributed by atoms with E-state index in [1.165, 1.54) is 51.4 Å². The Morgan fingerprint density at radius 1 is 1.24 bits per heavy atom. The SMILES string of the molecule is CCCCCCCC(C)NC1CCOC(C)C1. The first-order valence-corrected chi connectivity index (χ1v) is 7.60. The number of rotatable bonds is 8. The Kier molecular flexibility index (Phi) is 7.87. The smallest absolute Gasteiger partial charge is 0.0561 e. The Bertz CT molecular complexity index is 184. The van der Waals surface area contributed by atoms with Crippen LogP contribution >= 0.6 is 0 Å². The van der Waals surface area contributed by atoms with Crippen molar-refractivity contribution in [3.63, 3.8) is 0 Å². The maximum absolute atomic E-state index is 5.58. The third-order valence-electron chi connectivity index (χ3n) is 3.75. The van der Waals surface area contributed by atoms with Gasteiger partial charge >= 0.3 is 0 Å². The van der Waals surface area contributed by atoms with Crippen molar-refractivity contribution in [1.29, 1.82) is 0 Å². The molecule has 3 unspecified atom stereocenters. The van der Waals surface area contributed by atoms with Crippen LogP contribution in [0.15, 0.2) is 0 Å². The summed E-state index contributed by atoms with van der Waals surface area (Å²) in [7, 11) is 0. The molecule has 102 valence electrons. The van der Waals surface area contributed by atoms with Gasteiger partial charge < -0.3 is 10.1 Å². The van der Waals surface area contributed by atoms with Gasteiger partial charge in [0, 0.05) is 18.7 Å². The molecular formula is C15H31NO. The summed E-state index contributed by atoms with van der Waals surface area (Å²) in [5.74, 6) is 0. The zero-order valence-electron chi connectivity index (χ0n) is 12.0. The summed E-state index contributed by atoms with van der Waals surface area (Å²) in [5.41, 5.74) is 0. The molecule has 0 bridgehead atoms. The molecule has 0 radical (unpaired) electrons. The summed E-state index contributed by atoms with van der Waals surface area (Å²) < 4.78 is 5.58. The van der Waals surface area contributed by atoms with Crippen LogP contribution < -0.4 is 5.32 Å². The zero-order chi connectivity index (χ0) is 12.5. The van der Waals surface area contributed by atoms with E-state index in [0.29, 0.717) is 18.2 Å². The number of nitrogens with one attached hydrogen (secondary N) is 1. The minimum absolute atomic E-state index is 0.443. The average Bonchev–Trinajstić information content (AvgIpc) is 2.29. The molecule has 1 fully saturated rings. The molecule has 1 rings (SSSR count). The Morgan fingerprint density at radius 3 is 2.71 bits per heavy atom. The molecule has 17 heavy (non-hydrogen) atoms. The molecule has 2 heteroatoms. The normalized spacial score (nSPS) is 27.0. The largest absolute Gasteiger partial charge is 0.378 e. The molecule has 3 atom stereocenters. The Hall–Kier alpha value is -0.0800. The fraction of sp³-hybridized carbons (Fsp3) is 1.00. The minimum Gasteiger partial charge on any atom is -0.378 e. The van der Waals surface area contributed by atoms with Gasteiger partial charge in [0.1, 0.15) is 0 Å². The molecule has 2 nitrogen and oxygen atoms in total. The Balaban J connectivity index is 2.01. The molecule has 1 saturated heterocycles. The lowest BCUT2D eigenvalue weighted by atomic mass is 10.0. The van der Waals surface area contributed by atoms with Crippen molar-refractivity contribution in [2.45, 2.75) is 90.3 Å². The van der Waals surface area contributed by atoms with E-state index in [1.54, 1.807) is 0 Å². The van der Waals surface area contributed by atoms with E-state index in [-0.39, 0.29) is 0 Å². The quantitative estimate of drug-likeness (QED) is 0.651. The monoisotopic (exact) mass is 241 g/mol. The van der Waals surface area contributed by atoms with Gasteiger partial charge in [-0.25, -0.2) is 0 Å². The summed E-state index contributed by atoms with van der Waals surface area (Å²) in [6.45, 7) is 7.72. The molecule has 1 heterocycles. The predicted molar refractivity (Wildman–Crippen MR) is 74.4 cm³/mol. The lowest BCUT2D eigenvalue weighted by molar-refractivity contribution is 0.0114. The van der Waals surface area contributed by atoms with Crippen molar-refractivity contribution in [3.05, 3.63) is 0 Å². The topological polar surface area (TPSA) is 21.3 Å². The number of hydrogen-bond acceptors (Lipinski definition) is 2. The van der Waals surface area contributed by atoms with E-state index in [2.05, 4.69) is 26.1 Å². The Labute approximate surface area is 108 Å². The fourth-order valence-corrected chi connectivity index (χ4v) is 2.69. The van der Waals surface area contributed by atoms with Crippen molar-refractivity contribution in [3.8, 4) is 0 Å². The third-order valence-corrected chi connectivity index (χ3v) is 3.75. The van der Waals surface area contributed by atoms with Gasteiger partial charge in [-0.1, -0.05) is 39.0 Å². The first-order chi connectivity index (χ1) is 8.22. The maximum Gasteiger partial charge on any atom is 0.0561 e. The van der Waals surface area contributed by atoms with Gasteiger partial charge in [-0.15, -0.1) is 0 Å². The van der Waals surface area contributed by atoms with Crippen LogP contribution in [0, 0.1) is 0 Å². The molecule has 0 aliphatic carbocycles. The second kappa shape index (κ2) is 8.93. The molecule has 0 aromatic heterocycles. The molecule has 0 spiro atoms. The summed E-state index contributed by atoms with van der Waals surface area (Å²) >= 11 is 0. The van der Waals surface area contributed by atoms with Crippen molar-refractivity contribution >= 4 is 0 Å². The van der Waals surface area contributed by atoms with Crippen LogP contribution in [0.3, 0.4) is 0 Å². The average molecular weight is 241 g/mol. The van der Waals surface area contributed by atoms with Crippen LogP contribution in [0.5, 0.6) is 0 Å². The molecule has 0 aromatic rings. The number of ether oxygens (including phenoxy) is 1. The minimum atomic E-state index is 0.443. The van der Waals surface area contributed by atoms with E-state index in [1.807, 2.05) is 0 Å². The first-order valence-electron chi connectivity index (χ1n) is 7.60. The predicted octanol–water partition coefficient (Wildman–Crippen LogP) is 3.89. The first kappa shape index (κ1) is 15.0. The lowest BCUT2D eigenvalue weighted by Crippen LogP contribution is -2.42. The Morgan fingerprint density at radius 2 is 2.00 bits per heavy atom. The van der Waals surface area contributed by atoms with Gasteiger partial charge in [0.2, 0.25) is 0 Å². The van der Waals surface area contributed by atoms with Gasteiger partial charge in [0.15, 0.2) is 0 Å². The third kappa shape index (κ3) is 7.05. The molecule has 1 aliphatic rings. The van der Waals surface area contributed by atoms with Crippen LogP contribution in [0.25, 0.3) is 0 Å². The second-order valence-corrected chi connectivity index (χ2v) is 5.67. The van der Waals surface area contributed by atoms with E-state index in [4.69, 9.17) is 4.74 Å². The number of hydrogen-bond donors (Lipinski definition) is 1. The van der Waals surface area contributed by atoms with Gasteiger partial charge in [0.05, 0.1) is 6.10 Å². The van der Waals surface area contributed by atoms with Gasteiger partial charge in [-0.2, -0.15) is 0 Å². The van der Waals surface area contributed by atoms with Crippen molar-refractivity contribution < 1.29 is 4.74 Å². The summed E-state index contributed by atoms with van der Waals surface area (Å²) in [4.78, 5) is 0. The summed E-state index contributed by atoms with van der Waals surface area (Å²) in [5, 5.41) is 3.76. The van der Waals surface area contributed by atoms with E-state index >= 15 is 0 Å². The van der Waals surface area contributed by atoms with Crippen molar-refractivity contribution in [1.82, 2.24) is 5.32 Å². The zero-order valence-corrected chi connectivity index (χ0v) is 12.0. The molecule has 1 aliphatic heterocycles. The maximum atomic E-state index is 5.58. The summed E-state index contributed by atoms with van der Waals surface area (Å²) in [6, 6.07) is 1.36.